The summed E-state index contributed by atoms with van der Waals surface area (Å²) in [5.74, 6) is -1.30. The Kier molecular flexibility index (Phi) is 3.48. The second-order valence-electron chi connectivity index (χ2n) is 4.29. The number of amides is 1. The normalized spacial score (nSPS) is 19.5. The fourth-order valence-electron chi connectivity index (χ4n) is 2.03. The van der Waals surface area contributed by atoms with Gasteiger partial charge in [0.1, 0.15) is 5.82 Å². The molecule has 0 radical (unpaired) electrons. The monoisotopic (exact) mass is 283 g/mol. The number of nitrogens with zero attached hydrogens (tertiary/aromatic N) is 3. The molecule has 0 aliphatic carbocycles. The molecule has 19 heavy (non-hydrogen) atoms. The molecule has 0 spiro atoms. The number of hydrogen-bond acceptors (Lipinski definition) is 5. The van der Waals surface area contributed by atoms with E-state index in [1.54, 1.807) is 0 Å². The van der Waals surface area contributed by atoms with Crippen molar-refractivity contribution in [1.82, 2.24) is 4.98 Å². The summed E-state index contributed by atoms with van der Waals surface area (Å²) in [6.45, 7) is 0.0872. The second kappa shape index (κ2) is 4.93. The van der Waals surface area contributed by atoms with Crippen LogP contribution in [0, 0.1) is 17.2 Å². The number of carbonyl (C=O) groups is 1. The minimum absolute atomic E-state index is 0.0401. The molecule has 2 rings (SSSR count). The van der Waals surface area contributed by atoms with E-state index >= 15 is 0 Å². The fraction of sp³-hybridized carbons (Fsp3) is 0.364. The van der Waals surface area contributed by atoms with Crippen LogP contribution in [-0.2, 0) is 15.0 Å². The topological polar surface area (TPSA) is 91.1 Å². The van der Waals surface area contributed by atoms with Crippen molar-refractivity contribution in [3.8, 4) is 6.07 Å². The lowest BCUT2D eigenvalue weighted by atomic mass is 10.1. The van der Waals surface area contributed by atoms with Crippen molar-refractivity contribution in [1.29, 1.82) is 5.26 Å². The fourth-order valence-corrected chi connectivity index (χ4v) is 2.82. The van der Waals surface area contributed by atoms with Gasteiger partial charge >= 0.3 is 10.2 Å². The Morgan fingerprint density at radius 3 is 2.95 bits per heavy atom. The molecule has 1 aliphatic rings. The standard InChI is InChI=1S/C11H10FN3O3S/c12-19(17,18)7-9-4-11(16)15(6-9)10-3-8(5-13)1-2-14-10/h1-3,9H,4,6-7H2. The molecule has 100 valence electrons. The molecule has 0 N–H and O–H groups in total. The molecule has 1 aliphatic heterocycles. The molecule has 1 unspecified atom stereocenters. The summed E-state index contributed by atoms with van der Waals surface area (Å²) in [4.78, 5) is 17.0. The minimum Gasteiger partial charge on any atom is -0.296 e. The summed E-state index contributed by atoms with van der Waals surface area (Å²) in [5, 5.41) is 8.77. The van der Waals surface area contributed by atoms with Crippen LogP contribution in [0.2, 0.25) is 0 Å². The number of pyridine rings is 1. The Morgan fingerprint density at radius 2 is 2.32 bits per heavy atom. The molecule has 8 heteroatoms. The molecule has 1 aromatic heterocycles. The summed E-state index contributed by atoms with van der Waals surface area (Å²) in [6.07, 6.45) is 1.35. The third-order valence-electron chi connectivity index (χ3n) is 2.79. The third-order valence-corrected chi connectivity index (χ3v) is 3.66. The van der Waals surface area contributed by atoms with Crippen LogP contribution < -0.4 is 4.90 Å². The number of aromatic nitrogens is 1. The van der Waals surface area contributed by atoms with Gasteiger partial charge in [0.15, 0.2) is 0 Å². The first-order valence-electron chi connectivity index (χ1n) is 5.48. The highest BCUT2D eigenvalue weighted by atomic mass is 32.3. The lowest BCUT2D eigenvalue weighted by Gasteiger charge is -2.15. The van der Waals surface area contributed by atoms with Crippen LogP contribution >= 0.6 is 0 Å². The van der Waals surface area contributed by atoms with Gasteiger partial charge in [-0.1, -0.05) is 0 Å². The molecule has 1 fully saturated rings. The largest absolute Gasteiger partial charge is 0.302 e. The van der Waals surface area contributed by atoms with E-state index in [-0.39, 0.29) is 24.7 Å². The van der Waals surface area contributed by atoms with Crippen LogP contribution in [0.5, 0.6) is 0 Å². The average Bonchev–Trinajstić information content (AvgIpc) is 2.68. The quantitative estimate of drug-likeness (QED) is 0.758. The van der Waals surface area contributed by atoms with Crippen LogP contribution in [0.3, 0.4) is 0 Å². The number of anilines is 1. The van der Waals surface area contributed by atoms with Gasteiger partial charge < -0.3 is 0 Å². The maximum Gasteiger partial charge on any atom is 0.302 e. The minimum atomic E-state index is -4.60. The zero-order chi connectivity index (χ0) is 14.0. The Bertz CT molecular complexity index is 653. The van der Waals surface area contributed by atoms with Gasteiger partial charge in [0.2, 0.25) is 5.91 Å². The first-order valence-corrected chi connectivity index (χ1v) is 7.03. The van der Waals surface area contributed by atoms with Gasteiger partial charge in [0.25, 0.3) is 0 Å². The Balaban J connectivity index is 2.18. The lowest BCUT2D eigenvalue weighted by molar-refractivity contribution is -0.117. The lowest BCUT2D eigenvalue weighted by Crippen LogP contribution is -2.26. The highest BCUT2D eigenvalue weighted by Crippen LogP contribution is 2.25. The summed E-state index contributed by atoms with van der Waals surface area (Å²) < 4.78 is 33.8. The summed E-state index contributed by atoms with van der Waals surface area (Å²) in [5.41, 5.74) is 0.347. The molecule has 1 aromatic rings. The number of halogens is 1. The molecule has 0 aromatic carbocycles. The molecule has 6 nitrogen and oxygen atoms in total. The predicted molar refractivity (Wildman–Crippen MR) is 64.3 cm³/mol. The molecule has 2 heterocycles. The zero-order valence-electron chi connectivity index (χ0n) is 9.78. The number of nitriles is 1. The van der Waals surface area contributed by atoms with E-state index in [4.69, 9.17) is 5.26 Å². The van der Waals surface area contributed by atoms with Crippen molar-refractivity contribution in [2.24, 2.45) is 5.92 Å². The summed E-state index contributed by atoms with van der Waals surface area (Å²) in [6, 6.07) is 4.85. The van der Waals surface area contributed by atoms with Gasteiger partial charge in [-0.15, -0.1) is 3.89 Å². The van der Waals surface area contributed by atoms with Gasteiger partial charge in [0, 0.05) is 25.1 Å². The van der Waals surface area contributed by atoms with Crippen molar-refractivity contribution >= 4 is 21.9 Å². The molecule has 0 bridgehead atoms. The molecule has 1 saturated heterocycles. The average molecular weight is 283 g/mol. The maximum absolute atomic E-state index is 12.6. The van der Waals surface area contributed by atoms with Crippen LogP contribution in [0.15, 0.2) is 18.3 Å². The first-order chi connectivity index (χ1) is 8.89. The van der Waals surface area contributed by atoms with E-state index < -0.39 is 21.9 Å². The van der Waals surface area contributed by atoms with Crippen molar-refractivity contribution in [2.45, 2.75) is 6.42 Å². The highest BCUT2D eigenvalue weighted by molar-refractivity contribution is 7.86. The van der Waals surface area contributed by atoms with Gasteiger partial charge in [-0.3, -0.25) is 9.69 Å². The van der Waals surface area contributed by atoms with Crippen molar-refractivity contribution in [2.75, 3.05) is 17.2 Å². The molecule has 1 atom stereocenters. The van der Waals surface area contributed by atoms with Crippen molar-refractivity contribution in [3.05, 3.63) is 23.9 Å². The smallest absolute Gasteiger partial charge is 0.296 e. The first kappa shape index (κ1) is 13.4. The summed E-state index contributed by atoms with van der Waals surface area (Å²) in [7, 11) is -4.60. The molecular weight excluding hydrogens is 273 g/mol. The van der Waals surface area contributed by atoms with E-state index in [0.29, 0.717) is 5.56 Å². The van der Waals surface area contributed by atoms with Crippen LogP contribution in [0.4, 0.5) is 9.70 Å². The second-order valence-corrected chi connectivity index (χ2v) is 5.71. The molecule has 0 saturated carbocycles. The van der Waals surface area contributed by atoms with Gasteiger partial charge in [0.05, 0.1) is 17.4 Å². The van der Waals surface area contributed by atoms with Gasteiger partial charge in [-0.25, -0.2) is 4.98 Å². The van der Waals surface area contributed by atoms with Crippen LogP contribution in [-0.4, -0.2) is 31.6 Å². The predicted octanol–water partition coefficient (Wildman–Crippen LogP) is 0.605. The number of hydrogen-bond donors (Lipinski definition) is 0. The van der Waals surface area contributed by atoms with E-state index in [9.17, 15) is 17.1 Å². The van der Waals surface area contributed by atoms with Crippen LogP contribution in [0.1, 0.15) is 12.0 Å². The highest BCUT2D eigenvalue weighted by Gasteiger charge is 2.34. The third kappa shape index (κ3) is 3.26. The Morgan fingerprint density at radius 1 is 1.58 bits per heavy atom. The number of carbonyl (C=O) groups excluding carboxylic acids is 1. The molecule has 1 amide bonds. The number of rotatable bonds is 3. The SMILES string of the molecule is N#Cc1ccnc(N2CC(CS(=O)(=O)F)CC2=O)c1. The van der Waals surface area contributed by atoms with E-state index in [2.05, 4.69) is 4.98 Å². The van der Waals surface area contributed by atoms with E-state index in [0.717, 1.165) is 0 Å². The van der Waals surface area contributed by atoms with Crippen LogP contribution in [0.25, 0.3) is 0 Å². The van der Waals surface area contributed by atoms with Crippen molar-refractivity contribution < 1.29 is 17.1 Å². The Labute approximate surface area is 109 Å². The van der Waals surface area contributed by atoms with E-state index in [1.165, 1.54) is 23.2 Å². The van der Waals surface area contributed by atoms with Crippen molar-refractivity contribution in [3.63, 3.8) is 0 Å². The zero-order valence-corrected chi connectivity index (χ0v) is 10.6. The van der Waals surface area contributed by atoms with E-state index in [1.807, 2.05) is 6.07 Å². The van der Waals surface area contributed by atoms with Gasteiger partial charge in [-0.2, -0.15) is 13.7 Å². The van der Waals surface area contributed by atoms with Gasteiger partial charge in [-0.05, 0) is 12.1 Å². The Hall–Kier alpha value is -2.01. The summed E-state index contributed by atoms with van der Waals surface area (Å²) >= 11 is 0. The maximum atomic E-state index is 12.6. The molecular formula is C11H10FN3O3S.